The zero-order valence-electron chi connectivity index (χ0n) is 17.2. The summed E-state index contributed by atoms with van der Waals surface area (Å²) >= 11 is 0. The summed E-state index contributed by atoms with van der Waals surface area (Å²) in [7, 11) is 0. The minimum Gasteiger partial charge on any atom is -0.491 e. The smallest absolute Gasteiger partial charge is 0.191 e. The van der Waals surface area contributed by atoms with Crippen molar-refractivity contribution in [2.75, 3.05) is 6.54 Å². The van der Waals surface area contributed by atoms with Gasteiger partial charge in [0.2, 0.25) is 0 Å². The predicted octanol–water partition coefficient (Wildman–Crippen LogP) is 4.15. The average Bonchev–Trinajstić information content (AvgIpc) is 2.65. The summed E-state index contributed by atoms with van der Waals surface area (Å²) in [6.45, 7) is 10.1. The second-order valence-corrected chi connectivity index (χ2v) is 6.75. The van der Waals surface area contributed by atoms with Crippen LogP contribution in [-0.2, 0) is 19.7 Å². The van der Waals surface area contributed by atoms with Crippen LogP contribution in [-0.4, -0.2) is 23.7 Å². The quantitative estimate of drug-likeness (QED) is 0.291. The van der Waals surface area contributed by atoms with E-state index in [9.17, 15) is 5.11 Å². The van der Waals surface area contributed by atoms with E-state index in [1.54, 1.807) is 0 Å². The molecule has 0 aromatic heterocycles. The number of nitrogens with zero attached hydrogens (tertiary/aromatic N) is 1. The van der Waals surface area contributed by atoms with Gasteiger partial charge < -0.3 is 20.5 Å². The van der Waals surface area contributed by atoms with Crippen LogP contribution in [0.5, 0.6) is 5.75 Å². The van der Waals surface area contributed by atoms with Crippen molar-refractivity contribution >= 4 is 29.9 Å². The van der Waals surface area contributed by atoms with E-state index in [0.29, 0.717) is 13.1 Å². The van der Waals surface area contributed by atoms with Gasteiger partial charge in [-0.3, -0.25) is 0 Å². The van der Waals surface area contributed by atoms with E-state index in [4.69, 9.17) is 9.73 Å². The van der Waals surface area contributed by atoms with Gasteiger partial charge in [0.25, 0.3) is 0 Å². The van der Waals surface area contributed by atoms with E-state index in [-0.39, 0.29) is 36.7 Å². The Balaban J connectivity index is 0.00000392. The molecule has 154 valence electrons. The highest BCUT2D eigenvalue weighted by molar-refractivity contribution is 14.0. The molecule has 0 fully saturated rings. The van der Waals surface area contributed by atoms with Crippen LogP contribution >= 0.6 is 24.0 Å². The molecule has 2 rings (SSSR count). The van der Waals surface area contributed by atoms with Gasteiger partial charge in [0, 0.05) is 18.7 Å². The molecule has 6 heteroatoms. The van der Waals surface area contributed by atoms with Gasteiger partial charge >= 0.3 is 0 Å². The fourth-order valence-corrected chi connectivity index (χ4v) is 2.73. The summed E-state index contributed by atoms with van der Waals surface area (Å²) < 4.78 is 5.94. The van der Waals surface area contributed by atoms with Crippen molar-refractivity contribution in [2.45, 2.75) is 53.5 Å². The maximum Gasteiger partial charge on any atom is 0.191 e. The number of aryl methyl sites for hydroxylation is 1. The average molecular weight is 497 g/mol. The molecule has 3 N–H and O–H groups in total. The van der Waals surface area contributed by atoms with Crippen LogP contribution < -0.4 is 15.4 Å². The second kappa shape index (κ2) is 12.6. The van der Waals surface area contributed by atoms with Crippen LogP contribution in [0, 0.1) is 6.92 Å². The summed E-state index contributed by atoms with van der Waals surface area (Å²) in [5.41, 5.74) is 4.21. The lowest BCUT2D eigenvalue weighted by atomic mass is 10.1. The maximum absolute atomic E-state index is 9.48. The summed E-state index contributed by atoms with van der Waals surface area (Å²) in [5, 5.41) is 16.1. The van der Waals surface area contributed by atoms with Crippen LogP contribution in [0.3, 0.4) is 0 Å². The topological polar surface area (TPSA) is 65.9 Å². The first-order chi connectivity index (χ1) is 13.0. The number of aliphatic imine (C=N–C) groups is 1. The van der Waals surface area contributed by atoms with Gasteiger partial charge in [0.05, 0.1) is 19.3 Å². The fourth-order valence-electron chi connectivity index (χ4n) is 2.73. The number of ether oxygens (including phenoxy) is 1. The molecule has 0 aliphatic heterocycles. The number of aliphatic hydroxyl groups is 1. The predicted molar refractivity (Wildman–Crippen MR) is 126 cm³/mol. The molecule has 28 heavy (non-hydrogen) atoms. The normalized spacial score (nSPS) is 11.1. The second-order valence-electron chi connectivity index (χ2n) is 6.75. The van der Waals surface area contributed by atoms with Gasteiger partial charge in [-0.2, -0.15) is 0 Å². The number of guanidine groups is 1. The molecule has 0 bridgehead atoms. The van der Waals surface area contributed by atoms with Crippen molar-refractivity contribution in [1.29, 1.82) is 0 Å². The van der Waals surface area contributed by atoms with E-state index in [0.717, 1.165) is 34.9 Å². The van der Waals surface area contributed by atoms with E-state index in [2.05, 4.69) is 35.8 Å². The molecular formula is C22H32IN3O2. The van der Waals surface area contributed by atoms with E-state index in [1.807, 2.05) is 45.0 Å². The van der Waals surface area contributed by atoms with Gasteiger partial charge in [-0.05, 0) is 50.5 Å². The Morgan fingerprint density at radius 2 is 1.79 bits per heavy atom. The van der Waals surface area contributed by atoms with Crippen molar-refractivity contribution in [3.8, 4) is 5.75 Å². The first-order valence-electron chi connectivity index (χ1n) is 9.49. The molecule has 2 aromatic carbocycles. The monoisotopic (exact) mass is 497 g/mol. The highest BCUT2D eigenvalue weighted by Crippen LogP contribution is 2.22. The van der Waals surface area contributed by atoms with Crippen LogP contribution in [0.1, 0.15) is 43.0 Å². The molecule has 2 aromatic rings. The van der Waals surface area contributed by atoms with Gasteiger partial charge in [-0.1, -0.05) is 36.4 Å². The summed E-state index contributed by atoms with van der Waals surface area (Å²) in [6.07, 6.45) is 0.121. The Morgan fingerprint density at radius 1 is 1.07 bits per heavy atom. The lowest BCUT2D eigenvalue weighted by Gasteiger charge is -2.16. The maximum atomic E-state index is 9.48. The molecule has 0 saturated carbocycles. The van der Waals surface area contributed by atoms with Crippen molar-refractivity contribution in [3.05, 3.63) is 64.7 Å². The zero-order valence-corrected chi connectivity index (χ0v) is 19.5. The Morgan fingerprint density at radius 3 is 2.43 bits per heavy atom. The number of aliphatic hydroxyl groups excluding tert-OH is 1. The molecule has 0 unspecified atom stereocenters. The molecule has 0 spiro atoms. The first kappa shape index (κ1) is 24.2. The zero-order chi connectivity index (χ0) is 19.6. The lowest BCUT2D eigenvalue weighted by Crippen LogP contribution is -2.37. The molecule has 0 amide bonds. The van der Waals surface area contributed by atoms with Gasteiger partial charge in [0.1, 0.15) is 5.75 Å². The Labute approximate surface area is 185 Å². The SMILES string of the molecule is CCNC(=NCc1ccc(C)cc1OC(C)C)NCc1ccccc1CO.I. The minimum absolute atomic E-state index is 0. The fraction of sp³-hybridized carbons (Fsp3) is 0.409. The molecule has 0 atom stereocenters. The van der Waals surface area contributed by atoms with E-state index >= 15 is 0 Å². The lowest BCUT2D eigenvalue weighted by molar-refractivity contribution is 0.240. The standard InChI is InChI=1S/C22H31N3O2.HI/c1-5-23-22(24-13-18-8-6-7-9-20(18)15-26)25-14-19-11-10-17(4)12-21(19)27-16(2)3;/h6-12,16,26H,5,13-15H2,1-4H3,(H2,23,24,25);1H. The molecular weight excluding hydrogens is 465 g/mol. The van der Waals surface area contributed by atoms with Crippen LogP contribution in [0.4, 0.5) is 0 Å². The molecule has 0 aliphatic rings. The highest BCUT2D eigenvalue weighted by atomic mass is 127. The molecule has 0 radical (unpaired) electrons. The number of benzene rings is 2. The van der Waals surface area contributed by atoms with Crippen molar-refractivity contribution in [1.82, 2.24) is 10.6 Å². The number of nitrogens with one attached hydrogen (secondary N) is 2. The minimum atomic E-state index is 0. The Hall–Kier alpha value is -1.80. The van der Waals surface area contributed by atoms with E-state index < -0.39 is 0 Å². The number of hydrogen-bond donors (Lipinski definition) is 3. The van der Waals surface area contributed by atoms with Crippen molar-refractivity contribution < 1.29 is 9.84 Å². The van der Waals surface area contributed by atoms with Gasteiger partial charge in [-0.25, -0.2) is 4.99 Å². The van der Waals surface area contributed by atoms with E-state index in [1.165, 1.54) is 5.56 Å². The number of rotatable bonds is 8. The molecule has 0 heterocycles. The third kappa shape index (κ3) is 7.67. The Kier molecular flexibility index (Phi) is 10.9. The number of hydrogen-bond acceptors (Lipinski definition) is 3. The molecule has 0 saturated heterocycles. The largest absolute Gasteiger partial charge is 0.491 e. The summed E-state index contributed by atoms with van der Waals surface area (Å²) in [5.74, 6) is 1.62. The molecule has 0 aliphatic carbocycles. The molecule has 5 nitrogen and oxygen atoms in total. The Bertz CT molecular complexity index is 763. The van der Waals surface area contributed by atoms with Gasteiger partial charge in [0.15, 0.2) is 5.96 Å². The van der Waals surface area contributed by atoms with Crippen LogP contribution in [0.15, 0.2) is 47.5 Å². The summed E-state index contributed by atoms with van der Waals surface area (Å²) in [4.78, 5) is 4.70. The highest BCUT2D eigenvalue weighted by Gasteiger charge is 2.07. The third-order valence-electron chi connectivity index (χ3n) is 4.07. The number of halogens is 1. The van der Waals surface area contributed by atoms with Crippen LogP contribution in [0.2, 0.25) is 0 Å². The van der Waals surface area contributed by atoms with Crippen molar-refractivity contribution in [3.63, 3.8) is 0 Å². The van der Waals surface area contributed by atoms with Crippen LogP contribution in [0.25, 0.3) is 0 Å². The third-order valence-corrected chi connectivity index (χ3v) is 4.07. The first-order valence-corrected chi connectivity index (χ1v) is 9.49. The van der Waals surface area contributed by atoms with Gasteiger partial charge in [-0.15, -0.1) is 24.0 Å². The van der Waals surface area contributed by atoms with Crippen molar-refractivity contribution in [2.24, 2.45) is 4.99 Å². The summed E-state index contributed by atoms with van der Waals surface area (Å²) in [6, 6.07) is 14.1.